The van der Waals surface area contributed by atoms with Crippen LogP contribution in [0.15, 0.2) is 10.5 Å². The largest absolute Gasteiger partial charge is 0.481 e. The molecule has 0 radical (unpaired) electrons. The van der Waals surface area contributed by atoms with Gasteiger partial charge in [0.05, 0.1) is 17.8 Å². The summed E-state index contributed by atoms with van der Waals surface area (Å²) in [6, 6.07) is 1.47. The first-order chi connectivity index (χ1) is 8.40. The summed E-state index contributed by atoms with van der Waals surface area (Å²) in [6.45, 7) is -0.206. The highest BCUT2D eigenvalue weighted by molar-refractivity contribution is 9.10. The number of hydrogen-bond donors (Lipinski definition) is 1. The molecule has 0 spiro atoms. The molecule has 0 atom stereocenters. The Balaban J connectivity index is 2.52. The minimum absolute atomic E-state index is 0.0802. The van der Waals surface area contributed by atoms with Crippen molar-refractivity contribution < 1.29 is 24.4 Å². The lowest BCUT2D eigenvalue weighted by molar-refractivity contribution is -0.380. The van der Waals surface area contributed by atoms with Crippen molar-refractivity contribution in [3.8, 4) is 0 Å². The fourth-order valence-corrected chi connectivity index (χ4v) is 2.72. The van der Waals surface area contributed by atoms with E-state index in [1.165, 1.54) is 6.07 Å². The van der Waals surface area contributed by atoms with Crippen LogP contribution in [-0.2, 0) is 20.7 Å². The molecule has 0 amide bonds. The maximum atomic E-state index is 11.3. The lowest BCUT2D eigenvalue weighted by Crippen LogP contribution is -2.10. The molecule has 1 heterocycles. The normalized spacial score (nSPS) is 10.1. The molecule has 9 heteroatoms. The zero-order chi connectivity index (χ0) is 13.7. The number of nitrogens with zero attached hydrogens (tertiary/aromatic N) is 1. The maximum absolute atomic E-state index is 11.3. The molecule has 0 fully saturated rings. The standard InChI is InChI=1S/C9H8BrNO6S/c10-6-3-5(18-9(6)11(15)16)4-8(14)17-2-1-7(12)13/h3H,1-2,4H2,(H,12,13). The van der Waals surface area contributed by atoms with E-state index in [4.69, 9.17) is 5.11 Å². The highest BCUT2D eigenvalue weighted by Gasteiger charge is 2.19. The van der Waals surface area contributed by atoms with E-state index in [1.54, 1.807) is 0 Å². The summed E-state index contributed by atoms with van der Waals surface area (Å²) in [5.74, 6) is -1.67. The first-order valence-corrected chi connectivity index (χ1v) is 6.31. The number of carboxylic acid groups (broad SMARTS) is 1. The van der Waals surface area contributed by atoms with Gasteiger partial charge >= 0.3 is 16.9 Å². The number of esters is 1. The van der Waals surface area contributed by atoms with E-state index < -0.39 is 16.9 Å². The lowest BCUT2D eigenvalue weighted by atomic mass is 10.3. The number of carbonyl (C=O) groups excluding carboxylic acids is 1. The van der Waals surface area contributed by atoms with Crippen LogP contribution in [0.25, 0.3) is 0 Å². The van der Waals surface area contributed by atoms with E-state index in [-0.39, 0.29) is 24.4 Å². The molecule has 1 aromatic heterocycles. The zero-order valence-electron chi connectivity index (χ0n) is 8.92. The molecule has 98 valence electrons. The molecule has 7 nitrogen and oxygen atoms in total. The quantitative estimate of drug-likeness (QED) is 0.483. The van der Waals surface area contributed by atoms with Crippen LogP contribution < -0.4 is 0 Å². The number of carboxylic acids is 1. The van der Waals surface area contributed by atoms with Crippen molar-refractivity contribution in [2.75, 3.05) is 6.61 Å². The Kier molecular flexibility index (Phi) is 5.23. The summed E-state index contributed by atoms with van der Waals surface area (Å²) in [5.41, 5.74) is 0. The van der Waals surface area contributed by atoms with Crippen molar-refractivity contribution in [1.29, 1.82) is 0 Å². The summed E-state index contributed by atoms with van der Waals surface area (Å²) < 4.78 is 4.98. The lowest BCUT2D eigenvalue weighted by Gasteiger charge is -2.00. The van der Waals surface area contributed by atoms with Crippen LogP contribution in [-0.4, -0.2) is 28.6 Å². The summed E-state index contributed by atoms with van der Waals surface area (Å²) >= 11 is 3.89. The molecule has 1 aromatic rings. The van der Waals surface area contributed by atoms with Crippen molar-refractivity contribution in [3.05, 3.63) is 25.5 Å². The van der Waals surface area contributed by atoms with Crippen LogP contribution >= 0.6 is 27.3 Å². The highest BCUT2D eigenvalue weighted by Crippen LogP contribution is 2.34. The molecule has 0 aromatic carbocycles. The Morgan fingerprint density at radius 2 is 2.22 bits per heavy atom. The second kappa shape index (κ2) is 6.45. The van der Waals surface area contributed by atoms with Gasteiger partial charge in [-0.25, -0.2) is 0 Å². The number of aliphatic carboxylic acids is 1. The molecule has 0 saturated carbocycles. The molecular formula is C9H8BrNO6S. The van der Waals surface area contributed by atoms with Crippen LogP contribution in [0.5, 0.6) is 0 Å². The molecule has 0 aliphatic carbocycles. The number of hydrogen-bond acceptors (Lipinski definition) is 6. The van der Waals surface area contributed by atoms with E-state index in [0.29, 0.717) is 9.35 Å². The first kappa shape index (κ1) is 14.6. The fraction of sp³-hybridized carbons (Fsp3) is 0.333. The number of halogens is 1. The Morgan fingerprint density at radius 1 is 1.56 bits per heavy atom. The van der Waals surface area contributed by atoms with Crippen molar-refractivity contribution in [2.24, 2.45) is 0 Å². The van der Waals surface area contributed by atoms with Crippen LogP contribution in [0.2, 0.25) is 0 Å². The summed E-state index contributed by atoms with van der Waals surface area (Å²) in [6.07, 6.45) is -0.378. The van der Waals surface area contributed by atoms with Gasteiger partial charge in [-0.1, -0.05) is 11.3 Å². The zero-order valence-corrected chi connectivity index (χ0v) is 11.3. The van der Waals surface area contributed by atoms with Gasteiger partial charge in [-0.3, -0.25) is 19.7 Å². The van der Waals surface area contributed by atoms with Crippen molar-refractivity contribution in [2.45, 2.75) is 12.8 Å². The predicted molar refractivity (Wildman–Crippen MR) is 65.6 cm³/mol. The monoisotopic (exact) mass is 337 g/mol. The minimum Gasteiger partial charge on any atom is -0.481 e. The Morgan fingerprint density at radius 3 is 2.72 bits per heavy atom. The Bertz CT molecular complexity index is 485. The van der Waals surface area contributed by atoms with Crippen molar-refractivity contribution in [3.63, 3.8) is 0 Å². The van der Waals surface area contributed by atoms with Gasteiger partial charge in [0.2, 0.25) is 0 Å². The topological polar surface area (TPSA) is 107 Å². The van der Waals surface area contributed by atoms with Gasteiger partial charge in [0.1, 0.15) is 11.1 Å². The molecule has 0 bridgehead atoms. The minimum atomic E-state index is -1.06. The third-order valence-corrected chi connectivity index (χ3v) is 3.74. The molecule has 0 saturated heterocycles. The van der Waals surface area contributed by atoms with E-state index in [2.05, 4.69) is 20.7 Å². The molecule has 1 rings (SSSR count). The first-order valence-electron chi connectivity index (χ1n) is 4.70. The Hall–Kier alpha value is -1.48. The molecule has 0 aliphatic heterocycles. The van der Waals surface area contributed by atoms with Gasteiger partial charge in [-0.15, -0.1) is 0 Å². The summed E-state index contributed by atoms with van der Waals surface area (Å²) in [7, 11) is 0. The van der Waals surface area contributed by atoms with Crippen LogP contribution in [0, 0.1) is 10.1 Å². The SMILES string of the molecule is O=C(O)CCOC(=O)Cc1cc(Br)c([N+](=O)[O-])s1. The van der Waals surface area contributed by atoms with Crippen molar-refractivity contribution >= 4 is 44.2 Å². The molecule has 18 heavy (non-hydrogen) atoms. The number of ether oxygens (including phenoxy) is 1. The number of thiophene rings is 1. The second-order valence-electron chi connectivity index (χ2n) is 3.16. The van der Waals surface area contributed by atoms with Gasteiger partial charge in [0, 0.05) is 4.88 Å². The van der Waals surface area contributed by atoms with Crippen LogP contribution in [0.1, 0.15) is 11.3 Å². The third-order valence-electron chi connectivity index (χ3n) is 1.78. The van der Waals surface area contributed by atoms with Gasteiger partial charge in [0.15, 0.2) is 0 Å². The smallest absolute Gasteiger partial charge is 0.338 e. The molecular weight excluding hydrogens is 330 g/mol. The second-order valence-corrected chi connectivity index (χ2v) is 5.13. The van der Waals surface area contributed by atoms with E-state index >= 15 is 0 Å². The average Bonchev–Trinajstić information content (AvgIpc) is 2.58. The van der Waals surface area contributed by atoms with Crippen LogP contribution in [0.3, 0.4) is 0 Å². The highest BCUT2D eigenvalue weighted by atomic mass is 79.9. The van der Waals surface area contributed by atoms with Gasteiger partial charge < -0.3 is 9.84 Å². The number of nitro groups is 1. The van der Waals surface area contributed by atoms with E-state index in [1.807, 2.05) is 0 Å². The van der Waals surface area contributed by atoms with Crippen molar-refractivity contribution in [1.82, 2.24) is 0 Å². The summed E-state index contributed by atoms with van der Waals surface area (Å²) in [4.78, 5) is 32.0. The fourth-order valence-electron chi connectivity index (χ4n) is 1.06. The van der Waals surface area contributed by atoms with Gasteiger partial charge in [0.25, 0.3) is 0 Å². The van der Waals surface area contributed by atoms with Crippen LogP contribution in [0.4, 0.5) is 5.00 Å². The molecule has 0 aliphatic rings. The van der Waals surface area contributed by atoms with Gasteiger partial charge in [-0.05, 0) is 22.0 Å². The molecule has 1 N–H and O–H groups in total. The van der Waals surface area contributed by atoms with E-state index in [9.17, 15) is 19.7 Å². The number of rotatable bonds is 6. The summed E-state index contributed by atoms with van der Waals surface area (Å²) in [5, 5.41) is 18.8. The molecule has 0 unspecified atom stereocenters. The average molecular weight is 338 g/mol. The predicted octanol–water partition coefficient (Wildman–Crippen LogP) is 1.98. The van der Waals surface area contributed by atoms with E-state index in [0.717, 1.165) is 11.3 Å². The Labute approximate surface area is 114 Å². The third kappa shape index (κ3) is 4.41. The maximum Gasteiger partial charge on any atom is 0.338 e. The number of carbonyl (C=O) groups is 2. The van der Waals surface area contributed by atoms with Gasteiger partial charge in [-0.2, -0.15) is 0 Å².